The quantitative estimate of drug-likeness (QED) is 0.648. The SMILES string of the molecule is C=C(C[Si](C)(C)C)[C@@H]1CCN[C@H]1c1ccco1. The Morgan fingerprint density at radius 3 is 2.88 bits per heavy atom. The van der Waals surface area contributed by atoms with Crippen LogP contribution in [0.4, 0.5) is 0 Å². The molecule has 3 heteroatoms. The zero-order chi connectivity index (χ0) is 12.5. The first-order chi connectivity index (χ1) is 7.97. The zero-order valence-corrected chi connectivity index (χ0v) is 12.1. The maximum atomic E-state index is 5.54. The van der Waals surface area contributed by atoms with E-state index in [9.17, 15) is 0 Å². The van der Waals surface area contributed by atoms with Crippen molar-refractivity contribution in [2.75, 3.05) is 6.54 Å². The Kier molecular flexibility index (Phi) is 3.59. The van der Waals surface area contributed by atoms with E-state index in [1.165, 1.54) is 18.0 Å². The highest BCUT2D eigenvalue weighted by molar-refractivity contribution is 6.76. The Hall–Kier alpha value is -0.803. The van der Waals surface area contributed by atoms with Gasteiger partial charge in [-0.2, -0.15) is 0 Å². The first-order valence-corrected chi connectivity index (χ1v) is 10.1. The molecule has 0 radical (unpaired) electrons. The molecule has 0 aliphatic carbocycles. The van der Waals surface area contributed by atoms with E-state index < -0.39 is 8.07 Å². The molecule has 17 heavy (non-hydrogen) atoms. The van der Waals surface area contributed by atoms with Crippen LogP contribution in [-0.4, -0.2) is 14.6 Å². The summed E-state index contributed by atoms with van der Waals surface area (Å²) in [7, 11) is -1.06. The van der Waals surface area contributed by atoms with Gasteiger partial charge in [0.15, 0.2) is 0 Å². The molecule has 0 saturated carbocycles. The summed E-state index contributed by atoms with van der Waals surface area (Å²) in [6.07, 6.45) is 2.95. The van der Waals surface area contributed by atoms with Crippen LogP contribution in [0.3, 0.4) is 0 Å². The molecule has 1 aromatic rings. The third-order valence-electron chi connectivity index (χ3n) is 3.35. The van der Waals surface area contributed by atoms with Crippen LogP contribution in [-0.2, 0) is 0 Å². The highest BCUT2D eigenvalue weighted by atomic mass is 28.3. The average Bonchev–Trinajstić information content (AvgIpc) is 2.85. The summed E-state index contributed by atoms with van der Waals surface area (Å²) >= 11 is 0. The van der Waals surface area contributed by atoms with Crippen LogP contribution in [0.1, 0.15) is 18.2 Å². The van der Waals surface area contributed by atoms with E-state index in [0.717, 1.165) is 12.3 Å². The van der Waals surface area contributed by atoms with Crippen LogP contribution in [0.15, 0.2) is 35.0 Å². The van der Waals surface area contributed by atoms with Crippen molar-refractivity contribution in [1.29, 1.82) is 0 Å². The summed E-state index contributed by atoms with van der Waals surface area (Å²) in [4.78, 5) is 0. The molecule has 0 aromatic carbocycles. The van der Waals surface area contributed by atoms with E-state index in [2.05, 4.69) is 37.6 Å². The third-order valence-corrected chi connectivity index (χ3v) is 4.87. The van der Waals surface area contributed by atoms with Gasteiger partial charge in [0, 0.05) is 14.0 Å². The Morgan fingerprint density at radius 2 is 2.29 bits per heavy atom. The Labute approximate surface area is 105 Å². The molecule has 0 amide bonds. The van der Waals surface area contributed by atoms with E-state index in [1.807, 2.05) is 6.07 Å². The van der Waals surface area contributed by atoms with E-state index in [1.54, 1.807) is 6.26 Å². The summed E-state index contributed by atoms with van der Waals surface area (Å²) in [5.74, 6) is 1.61. The van der Waals surface area contributed by atoms with Gasteiger partial charge in [0.25, 0.3) is 0 Å². The molecule has 2 atom stereocenters. The van der Waals surface area contributed by atoms with Crippen LogP contribution in [0.25, 0.3) is 0 Å². The minimum absolute atomic E-state index is 0.342. The van der Waals surface area contributed by atoms with Gasteiger partial charge in [-0.3, -0.25) is 0 Å². The van der Waals surface area contributed by atoms with Crippen molar-refractivity contribution in [2.45, 2.75) is 38.1 Å². The minimum atomic E-state index is -1.06. The molecule has 2 heterocycles. The molecule has 0 unspecified atom stereocenters. The van der Waals surface area contributed by atoms with Crippen molar-refractivity contribution in [2.24, 2.45) is 5.92 Å². The van der Waals surface area contributed by atoms with Crippen LogP contribution in [0.5, 0.6) is 0 Å². The first-order valence-electron chi connectivity index (χ1n) is 6.42. The van der Waals surface area contributed by atoms with Crippen molar-refractivity contribution >= 4 is 8.07 Å². The van der Waals surface area contributed by atoms with Crippen molar-refractivity contribution in [3.63, 3.8) is 0 Å². The molecular weight excluding hydrogens is 226 g/mol. The maximum absolute atomic E-state index is 5.54. The van der Waals surface area contributed by atoms with Crippen molar-refractivity contribution in [3.8, 4) is 0 Å². The largest absolute Gasteiger partial charge is 0.468 e. The lowest BCUT2D eigenvalue weighted by atomic mass is 9.92. The fourth-order valence-electron chi connectivity index (χ4n) is 2.72. The normalized spacial score (nSPS) is 25.1. The fourth-order valence-corrected chi connectivity index (χ4v) is 4.35. The standard InChI is InChI=1S/C14H23NOSi/c1-11(10-17(2,3)4)12-7-8-15-14(12)13-6-5-9-16-13/h5-6,9,12,14-15H,1,7-8,10H2,2-4H3/t12-,14+/m0/s1. The molecule has 0 spiro atoms. The smallest absolute Gasteiger partial charge is 0.121 e. The molecule has 1 saturated heterocycles. The molecule has 1 aliphatic rings. The zero-order valence-electron chi connectivity index (χ0n) is 11.1. The van der Waals surface area contributed by atoms with Gasteiger partial charge in [-0.1, -0.05) is 31.8 Å². The summed E-state index contributed by atoms with van der Waals surface area (Å²) in [5.41, 5.74) is 1.41. The summed E-state index contributed by atoms with van der Waals surface area (Å²) in [5, 5.41) is 3.54. The number of furan rings is 1. The van der Waals surface area contributed by atoms with Gasteiger partial charge >= 0.3 is 0 Å². The van der Waals surface area contributed by atoms with Crippen LogP contribution < -0.4 is 5.32 Å². The van der Waals surface area contributed by atoms with E-state index in [0.29, 0.717) is 12.0 Å². The molecule has 2 nitrogen and oxygen atoms in total. The second-order valence-electron chi connectivity index (χ2n) is 6.24. The molecule has 1 fully saturated rings. The van der Waals surface area contributed by atoms with Crippen LogP contribution >= 0.6 is 0 Å². The van der Waals surface area contributed by atoms with Gasteiger partial charge in [0.1, 0.15) is 5.76 Å². The van der Waals surface area contributed by atoms with Gasteiger partial charge in [0.05, 0.1) is 12.3 Å². The topological polar surface area (TPSA) is 25.2 Å². The number of hydrogen-bond donors (Lipinski definition) is 1. The highest BCUT2D eigenvalue weighted by Gasteiger charge is 2.33. The summed E-state index contributed by atoms with van der Waals surface area (Å²) in [6, 6.07) is 5.59. The monoisotopic (exact) mass is 249 g/mol. The molecule has 94 valence electrons. The van der Waals surface area contributed by atoms with Crippen molar-refractivity contribution < 1.29 is 4.42 Å². The third kappa shape index (κ3) is 3.10. The second kappa shape index (κ2) is 4.82. The van der Waals surface area contributed by atoms with Gasteiger partial charge in [-0.25, -0.2) is 0 Å². The number of nitrogens with one attached hydrogen (secondary N) is 1. The van der Waals surface area contributed by atoms with Crippen molar-refractivity contribution in [3.05, 3.63) is 36.3 Å². The average molecular weight is 249 g/mol. The van der Waals surface area contributed by atoms with E-state index in [-0.39, 0.29) is 0 Å². The summed E-state index contributed by atoms with van der Waals surface area (Å²) in [6.45, 7) is 12.6. The predicted molar refractivity (Wildman–Crippen MR) is 74.9 cm³/mol. The lowest BCUT2D eigenvalue weighted by Crippen LogP contribution is -2.24. The molecule has 1 N–H and O–H groups in total. The number of rotatable bonds is 4. The van der Waals surface area contributed by atoms with E-state index >= 15 is 0 Å². The molecule has 1 aromatic heterocycles. The molecule has 2 rings (SSSR count). The molecular formula is C14H23NOSi. The molecule has 1 aliphatic heterocycles. The van der Waals surface area contributed by atoms with Crippen molar-refractivity contribution in [1.82, 2.24) is 5.32 Å². The highest BCUT2D eigenvalue weighted by Crippen LogP contribution is 2.37. The predicted octanol–water partition coefficient (Wildman–Crippen LogP) is 3.82. The van der Waals surface area contributed by atoms with Crippen LogP contribution in [0.2, 0.25) is 25.7 Å². The fraction of sp³-hybridized carbons (Fsp3) is 0.571. The number of hydrogen-bond acceptors (Lipinski definition) is 2. The lowest BCUT2D eigenvalue weighted by molar-refractivity contribution is 0.404. The molecule has 0 bridgehead atoms. The minimum Gasteiger partial charge on any atom is -0.468 e. The Balaban J connectivity index is 2.07. The van der Waals surface area contributed by atoms with Gasteiger partial charge in [0.2, 0.25) is 0 Å². The van der Waals surface area contributed by atoms with E-state index in [4.69, 9.17) is 4.42 Å². The summed E-state index contributed by atoms with van der Waals surface area (Å²) < 4.78 is 5.54. The Bertz CT molecular complexity index is 377. The second-order valence-corrected chi connectivity index (χ2v) is 11.7. The Morgan fingerprint density at radius 1 is 1.53 bits per heavy atom. The maximum Gasteiger partial charge on any atom is 0.121 e. The lowest BCUT2D eigenvalue weighted by Gasteiger charge is -2.25. The van der Waals surface area contributed by atoms with Crippen LogP contribution in [0, 0.1) is 5.92 Å². The van der Waals surface area contributed by atoms with Gasteiger partial charge in [-0.05, 0) is 31.1 Å². The van der Waals surface area contributed by atoms with Gasteiger partial charge < -0.3 is 9.73 Å². The van der Waals surface area contributed by atoms with Gasteiger partial charge in [-0.15, -0.1) is 0 Å². The first kappa shape index (κ1) is 12.6.